The number of hydrogen-bond acceptors (Lipinski definition) is 2. The van der Waals surface area contributed by atoms with Crippen LogP contribution in [0.4, 0.5) is 0 Å². The highest BCUT2D eigenvalue weighted by atomic mass is 16.5. The molecule has 0 aliphatic rings. The second kappa shape index (κ2) is 9.17. The third-order valence-electron chi connectivity index (χ3n) is 1.55. The van der Waals surface area contributed by atoms with E-state index in [4.69, 9.17) is 9.47 Å². The van der Waals surface area contributed by atoms with Gasteiger partial charge in [0.05, 0.1) is 25.7 Å². The largest absolute Gasteiger partial charge is 0.505 e. The van der Waals surface area contributed by atoms with Crippen LogP contribution in [-0.2, 0) is 9.47 Å². The van der Waals surface area contributed by atoms with Crippen LogP contribution in [-0.4, -0.2) is 13.7 Å². The topological polar surface area (TPSA) is 18.5 Å². The number of ether oxygens (including phenoxy) is 2. The number of allylic oxidation sites excluding steroid dienone is 3. The lowest BCUT2D eigenvalue weighted by atomic mass is 10.2. The molecular formula is C11H20O2. The van der Waals surface area contributed by atoms with Crippen LogP contribution in [0.2, 0.25) is 0 Å². The van der Waals surface area contributed by atoms with Crippen molar-refractivity contribution in [1.29, 1.82) is 0 Å². The Morgan fingerprint density at radius 1 is 1.31 bits per heavy atom. The quantitative estimate of drug-likeness (QED) is 0.565. The predicted molar refractivity (Wildman–Crippen MR) is 55.4 cm³/mol. The van der Waals surface area contributed by atoms with E-state index in [-0.39, 0.29) is 0 Å². The first kappa shape index (κ1) is 12.1. The van der Waals surface area contributed by atoms with Gasteiger partial charge in [0.1, 0.15) is 0 Å². The average Bonchev–Trinajstić information content (AvgIpc) is 2.13. The van der Waals surface area contributed by atoms with Gasteiger partial charge < -0.3 is 9.47 Å². The minimum Gasteiger partial charge on any atom is -0.505 e. The summed E-state index contributed by atoms with van der Waals surface area (Å²) in [6, 6.07) is 0. The van der Waals surface area contributed by atoms with Gasteiger partial charge in [-0.15, -0.1) is 0 Å². The molecule has 0 unspecified atom stereocenters. The van der Waals surface area contributed by atoms with Crippen LogP contribution >= 0.6 is 0 Å². The van der Waals surface area contributed by atoms with E-state index in [0.717, 1.165) is 31.6 Å². The number of hydrogen-bond donors (Lipinski definition) is 0. The maximum absolute atomic E-state index is 5.45. The summed E-state index contributed by atoms with van der Waals surface area (Å²) in [6.45, 7) is 4.87. The first-order chi connectivity index (χ1) is 6.35. The molecule has 0 spiro atoms. The molecular weight excluding hydrogens is 164 g/mol. The summed E-state index contributed by atoms with van der Waals surface area (Å²) in [7, 11) is 1.65. The molecule has 0 heterocycles. The first-order valence-corrected chi connectivity index (χ1v) is 4.84. The molecule has 0 rings (SSSR count). The number of methoxy groups -OCH3 is 1. The molecule has 2 nitrogen and oxygen atoms in total. The Kier molecular flexibility index (Phi) is 8.52. The van der Waals surface area contributed by atoms with Crippen molar-refractivity contribution in [2.75, 3.05) is 13.7 Å². The van der Waals surface area contributed by atoms with Gasteiger partial charge in [-0.1, -0.05) is 6.92 Å². The van der Waals surface area contributed by atoms with Crippen molar-refractivity contribution in [2.24, 2.45) is 0 Å². The third kappa shape index (κ3) is 7.44. The van der Waals surface area contributed by atoms with Crippen molar-refractivity contribution >= 4 is 0 Å². The van der Waals surface area contributed by atoms with Gasteiger partial charge in [0.25, 0.3) is 0 Å². The molecule has 0 saturated heterocycles. The predicted octanol–water partition coefficient (Wildman–Crippen LogP) is 3.26. The van der Waals surface area contributed by atoms with Crippen LogP contribution in [0.5, 0.6) is 0 Å². The van der Waals surface area contributed by atoms with Crippen molar-refractivity contribution in [3.8, 4) is 0 Å². The normalized spacial score (nSPS) is 12.1. The fraction of sp³-hybridized carbons (Fsp3) is 0.636. The van der Waals surface area contributed by atoms with Crippen LogP contribution in [0.25, 0.3) is 0 Å². The molecule has 0 aromatic carbocycles. The van der Waals surface area contributed by atoms with Crippen molar-refractivity contribution in [3.05, 3.63) is 24.2 Å². The Morgan fingerprint density at radius 2 is 2.08 bits per heavy atom. The van der Waals surface area contributed by atoms with E-state index >= 15 is 0 Å². The molecule has 0 aromatic rings. The summed E-state index contributed by atoms with van der Waals surface area (Å²) in [6.07, 6.45) is 8.80. The Labute approximate surface area is 81.2 Å². The number of rotatable bonds is 7. The molecule has 0 atom stereocenters. The Morgan fingerprint density at radius 3 is 2.62 bits per heavy atom. The second-order valence-corrected chi connectivity index (χ2v) is 2.66. The fourth-order valence-electron chi connectivity index (χ4n) is 1.04. The van der Waals surface area contributed by atoms with E-state index in [1.54, 1.807) is 13.4 Å². The Balaban J connectivity index is 3.69. The Bertz CT molecular complexity index is 159. The van der Waals surface area contributed by atoms with E-state index in [9.17, 15) is 0 Å². The molecule has 0 aliphatic carbocycles. The summed E-state index contributed by atoms with van der Waals surface area (Å²) < 4.78 is 10.3. The van der Waals surface area contributed by atoms with Gasteiger partial charge in [0, 0.05) is 6.42 Å². The molecule has 0 bridgehead atoms. The molecule has 2 heteroatoms. The first-order valence-electron chi connectivity index (χ1n) is 4.84. The molecule has 0 N–H and O–H groups in total. The van der Waals surface area contributed by atoms with Gasteiger partial charge >= 0.3 is 0 Å². The zero-order valence-electron chi connectivity index (χ0n) is 8.88. The second-order valence-electron chi connectivity index (χ2n) is 2.66. The van der Waals surface area contributed by atoms with Crippen molar-refractivity contribution in [2.45, 2.75) is 33.1 Å². The highest BCUT2D eigenvalue weighted by molar-refractivity contribution is 4.94. The van der Waals surface area contributed by atoms with E-state index in [0.29, 0.717) is 0 Å². The average molecular weight is 184 g/mol. The van der Waals surface area contributed by atoms with Gasteiger partial charge in [-0.25, -0.2) is 0 Å². The molecule has 0 aromatic heterocycles. The van der Waals surface area contributed by atoms with Gasteiger partial charge in [0.15, 0.2) is 0 Å². The molecule has 0 radical (unpaired) electrons. The summed E-state index contributed by atoms with van der Waals surface area (Å²) in [5, 5.41) is 0. The molecule has 0 saturated carbocycles. The minimum absolute atomic E-state index is 0.750. The van der Waals surface area contributed by atoms with Gasteiger partial charge in [-0.3, -0.25) is 0 Å². The molecule has 0 aliphatic heterocycles. The lowest BCUT2D eigenvalue weighted by molar-refractivity contribution is 0.217. The van der Waals surface area contributed by atoms with Gasteiger partial charge in [-0.2, -0.15) is 0 Å². The van der Waals surface area contributed by atoms with Crippen LogP contribution < -0.4 is 0 Å². The van der Waals surface area contributed by atoms with Crippen LogP contribution in [0.1, 0.15) is 33.1 Å². The zero-order chi connectivity index (χ0) is 9.94. The van der Waals surface area contributed by atoms with Crippen molar-refractivity contribution < 1.29 is 9.47 Å². The van der Waals surface area contributed by atoms with E-state index in [2.05, 4.69) is 13.0 Å². The van der Waals surface area contributed by atoms with Gasteiger partial charge in [-0.05, 0) is 31.9 Å². The molecule has 76 valence electrons. The van der Waals surface area contributed by atoms with Crippen molar-refractivity contribution in [3.63, 3.8) is 0 Å². The zero-order valence-corrected chi connectivity index (χ0v) is 8.88. The molecule has 0 amide bonds. The standard InChI is InChI=1S/C11H20O2/c1-4-8-11(13-5-2)9-6-7-10-12-3/h7-8,10H,4-6,9H2,1-3H3. The van der Waals surface area contributed by atoms with Gasteiger partial charge in [0.2, 0.25) is 0 Å². The summed E-state index contributed by atoms with van der Waals surface area (Å²) in [5.74, 6) is 1.09. The summed E-state index contributed by atoms with van der Waals surface area (Å²) in [4.78, 5) is 0. The lowest BCUT2D eigenvalue weighted by Gasteiger charge is -2.06. The van der Waals surface area contributed by atoms with Crippen LogP contribution in [0, 0.1) is 0 Å². The molecule has 0 fully saturated rings. The monoisotopic (exact) mass is 184 g/mol. The highest BCUT2D eigenvalue weighted by Crippen LogP contribution is 2.08. The highest BCUT2D eigenvalue weighted by Gasteiger charge is 1.94. The Hall–Kier alpha value is -0.920. The lowest BCUT2D eigenvalue weighted by Crippen LogP contribution is -1.91. The van der Waals surface area contributed by atoms with E-state index in [1.165, 1.54) is 0 Å². The SMILES string of the molecule is CCC=C(CCC=COC)OCC. The van der Waals surface area contributed by atoms with Crippen molar-refractivity contribution in [1.82, 2.24) is 0 Å². The van der Waals surface area contributed by atoms with Crippen LogP contribution in [0.15, 0.2) is 24.2 Å². The smallest absolute Gasteiger partial charge is 0.0922 e. The van der Waals surface area contributed by atoms with E-state index < -0.39 is 0 Å². The van der Waals surface area contributed by atoms with Crippen LogP contribution in [0.3, 0.4) is 0 Å². The maximum Gasteiger partial charge on any atom is 0.0922 e. The maximum atomic E-state index is 5.45. The van der Waals surface area contributed by atoms with E-state index in [1.807, 2.05) is 13.0 Å². The molecule has 13 heavy (non-hydrogen) atoms. The summed E-state index contributed by atoms with van der Waals surface area (Å²) >= 11 is 0. The minimum atomic E-state index is 0.750. The fourth-order valence-corrected chi connectivity index (χ4v) is 1.04. The summed E-state index contributed by atoms with van der Waals surface area (Å²) in [5.41, 5.74) is 0. The third-order valence-corrected chi connectivity index (χ3v) is 1.55.